The van der Waals surface area contributed by atoms with Gasteiger partial charge in [-0.3, -0.25) is 0 Å². The summed E-state index contributed by atoms with van der Waals surface area (Å²) in [5.41, 5.74) is -0.642. The summed E-state index contributed by atoms with van der Waals surface area (Å²) < 4.78 is 14.7. The molecule has 1 heterocycles. The summed E-state index contributed by atoms with van der Waals surface area (Å²) in [5.74, 6) is -0.308. The first-order valence-electron chi connectivity index (χ1n) is 5.32. The van der Waals surface area contributed by atoms with Gasteiger partial charge in [-0.2, -0.15) is 5.26 Å². The number of carbonyl (C=O) groups excluding carboxylic acids is 1. The van der Waals surface area contributed by atoms with Crippen molar-refractivity contribution in [3.63, 3.8) is 0 Å². The minimum Gasteiger partial charge on any atom is -0.478 e. The zero-order valence-corrected chi connectivity index (χ0v) is 10.0. The van der Waals surface area contributed by atoms with Crippen LogP contribution >= 0.6 is 0 Å². The third-order valence-electron chi connectivity index (χ3n) is 2.42. The minimum atomic E-state index is -0.746. The normalized spacial score (nSPS) is 9.89. The highest BCUT2D eigenvalue weighted by Gasteiger charge is 2.10. The molecule has 96 valence electrons. The van der Waals surface area contributed by atoms with Crippen molar-refractivity contribution in [2.45, 2.75) is 0 Å². The van der Waals surface area contributed by atoms with Crippen LogP contribution in [0.15, 0.2) is 33.5 Å². The molecule has 0 aliphatic rings. The van der Waals surface area contributed by atoms with E-state index in [-0.39, 0.29) is 23.5 Å². The average Bonchev–Trinajstić information content (AvgIpc) is 2.44. The third-order valence-corrected chi connectivity index (χ3v) is 2.42. The molecule has 0 N–H and O–H groups in total. The van der Waals surface area contributed by atoms with E-state index in [4.69, 9.17) is 14.4 Å². The quantitative estimate of drug-likeness (QED) is 0.608. The van der Waals surface area contributed by atoms with Crippen LogP contribution in [0.2, 0.25) is 0 Å². The lowest BCUT2D eigenvalue weighted by molar-refractivity contribution is -0.142. The largest absolute Gasteiger partial charge is 0.478 e. The summed E-state index contributed by atoms with van der Waals surface area (Å²) in [4.78, 5) is 22.5. The molecule has 6 heteroatoms. The van der Waals surface area contributed by atoms with Gasteiger partial charge in [0.25, 0.3) is 0 Å². The lowest BCUT2D eigenvalue weighted by Crippen LogP contribution is -2.13. The number of methoxy groups -OCH3 is 1. The number of esters is 1. The van der Waals surface area contributed by atoms with E-state index in [2.05, 4.69) is 4.74 Å². The SMILES string of the molecule is COC(=O)COc1cccc2cc(C#N)c(=O)oc12. The summed E-state index contributed by atoms with van der Waals surface area (Å²) in [7, 11) is 1.24. The molecule has 0 radical (unpaired) electrons. The minimum absolute atomic E-state index is 0.0855. The number of carbonyl (C=O) groups is 1. The summed E-state index contributed by atoms with van der Waals surface area (Å²) >= 11 is 0. The molecular weight excluding hydrogens is 250 g/mol. The number of ether oxygens (including phenoxy) is 2. The summed E-state index contributed by atoms with van der Waals surface area (Å²) in [6, 6.07) is 8.04. The van der Waals surface area contributed by atoms with E-state index < -0.39 is 11.6 Å². The number of benzene rings is 1. The van der Waals surface area contributed by atoms with Gasteiger partial charge in [-0.1, -0.05) is 12.1 Å². The van der Waals surface area contributed by atoms with E-state index in [1.54, 1.807) is 24.3 Å². The van der Waals surface area contributed by atoms with Crippen LogP contribution in [-0.4, -0.2) is 19.7 Å². The van der Waals surface area contributed by atoms with Crippen molar-refractivity contribution in [2.24, 2.45) is 0 Å². The van der Waals surface area contributed by atoms with Crippen molar-refractivity contribution < 1.29 is 18.7 Å². The second-order valence-electron chi connectivity index (χ2n) is 3.60. The molecule has 2 aromatic rings. The standard InChI is InChI=1S/C13H9NO5/c1-17-11(15)7-18-10-4-2-3-8-5-9(6-14)13(16)19-12(8)10/h2-5H,7H2,1H3. The molecule has 0 amide bonds. The van der Waals surface area contributed by atoms with Crippen molar-refractivity contribution in [3.05, 3.63) is 40.2 Å². The van der Waals surface area contributed by atoms with Gasteiger partial charge in [-0.15, -0.1) is 0 Å². The predicted molar refractivity (Wildman–Crippen MR) is 64.7 cm³/mol. The van der Waals surface area contributed by atoms with Crippen LogP contribution in [0.5, 0.6) is 5.75 Å². The predicted octanol–water partition coefficient (Wildman–Crippen LogP) is 1.22. The zero-order chi connectivity index (χ0) is 13.8. The van der Waals surface area contributed by atoms with Gasteiger partial charge in [-0.25, -0.2) is 9.59 Å². The average molecular weight is 259 g/mol. The Labute approximate surface area is 107 Å². The summed E-state index contributed by atoms with van der Waals surface area (Å²) in [5, 5.41) is 9.29. The van der Waals surface area contributed by atoms with Gasteiger partial charge in [0.1, 0.15) is 11.6 Å². The van der Waals surface area contributed by atoms with Crippen molar-refractivity contribution in [2.75, 3.05) is 13.7 Å². The van der Waals surface area contributed by atoms with Crippen molar-refractivity contribution >= 4 is 16.9 Å². The third kappa shape index (κ3) is 2.55. The molecule has 2 rings (SSSR count). The highest BCUT2D eigenvalue weighted by atomic mass is 16.6. The van der Waals surface area contributed by atoms with Crippen LogP contribution in [-0.2, 0) is 9.53 Å². The molecule has 1 aromatic heterocycles. The fourth-order valence-corrected chi connectivity index (χ4v) is 1.50. The zero-order valence-electron chi connectivity index (χ0n) is 10.0. The van der Waals surface area contributed by atoms with Crippen LogP contribution < -0.4 is 10.4 Å². The molecular formula is C13H9NO5. The van der Waals surface area contributed by atoms with Gasteiger partial charge in [0.05, 0.1) is 7.11 Å². The van der Waals surface area contributed by atoms with Crippen molar-refractivity contribution in [3.8, 4) is 11.8 Å². The Morgan fingerprint density at radius 2 is 2.26 bits per heavy atom. The summed E-state index contributed by atoms with van der Waals surface area (Å²) in [6.07, 6.45) is 0. The maximum atomic E-state index is 11.5. The molecule has 6 nitrogen and oxygen atoms in total. The molecule has 0 aliphatic heterocycles. The topological polar surface area (TPSA) is 89.5 Å². The van der Waals surface area contributed by atoms with Gasteiger partial charge in [-0.05, 0) is 12.1 Å². The number of fused-ring (bicyclic) bond motifs is 1. The van der Waals surface area contributed by atoms with E-state index in [9.17, 15) is 9.59 Å². The maximum absolute atomic E-state index is 11.5. The Morgan fingerprint density at radius 3 is 2.95 bits per heavy atom. The highest BCUT2D eigenvalue weighted by molar-refractivity contribution is 5.83. The van der Waals surface area contributed by atoms with E-state index in [1.807, 2.05) is 0 Å². The number of nitriles is 1. The molecule has 0 bridgehead atoms. The molecule has 0 atom stereocenters. The van der Waals surface area contributed by atoms with Gasteiger partial charge in [0, 0.05) is 5.39 Å². The van der Waals surface area contributed by atoms with Crippen LogP contribution in [0.1, 0.15) is 5.56 Å². The molecule has 0 unspecified atom stereocenters. The second kappa shape index (κ2) is 5.23. The molecule has 19 heavy (non-hydrogen) atoms. The van der Waals surface area contributed by atoms with E-state index in [0.717, 1.165) is 0 Å². The molecule has 0 saturated heterocycles. The fraction of sp³-hybridized carbons (Fsp3) is 0.154. The van der Waals surface area contributed by atoms with E-state index in [1.165, 1.54) is 13.2 Å². The van der Waals surface area contributed by atoms with Crippen molar-refractivity contribution in [1.29, 1.82) is 5.26 Å². The molecule has 0 spiro atoms. The highest BCUT2D eigenvalue weighted by Crippen LogP contribution is 2.24. The van der Waals surface area contributed by atoms with Gasteiger partial charge < -0.3 is 13.9 Å². The Balaban J connectivity index is 2.46. The number of para-hydroxylation sites is 1. The number of rotatable bonds is 3. The van der Waals surface area contributed by atoms with Crippen LogP contribution in [0.4, 0.5) is 0 Å². The smallest absolute Gasteiger partial charge is 0.354 e. The Hall–Kier alpha value is -2.81. The Morgan fingerprint density at radius 1 is 1.47 bits per heavy atom. The molecule has 0 saturated carbocycles. The summed E-state index contributed by atoms with van der Waals surface area (Å²) in [6.45, 7) is -0.292. The van der Waals surface area contributed by atoms with Crippen LogP contribution in [0.25, 0.3) is 11.0 Å². The first-order chi connectivity index (χ1) is 9.15. The van der Waals surface area contributed by atoms with Gasteiger partial charge >= 0.3 is 11.6 Å². The van der Waals surface area contributed by atoms with Gasteiger partial charge in [0.2, 0.25) is 0 Å². The number of hydrogen-bond donors (Lipinski definition) is 0. The molecule has 0 fully saturated rings. The monoisotopic (exact) mass is 259 g/mol. The number of nitrogens with zero attached hydrogens (tertiary/aromatic N) is 1. The Kier molecular flexibility index (Phi) is 3.48. The first-order valence-corrected chi connectivity index (χ1v) is 5.32. The maximum Gasteiger partial charge on any atom is 0.354 e. The fourth-order valence-electron chi connectivity index (χ4n) is 1.50. The van der Waals surface area contributed by atoms with Gasteiger partial charge in [0.15, 0.2) is 17.9 Å². The first kappa shape index (κ1) is 12.6. The lowest BCUT2D eigenvalue weighted by Gasteiger charge is -2.06. The van der Waals surface area contributed by atoms with Crippen molar-refractivity contribution in [1.82, 2.24) is 0 Å². The molecule has 0 aliphatic carbocycles. The van der Waals surface area contributed by atoms with Crippen LogP contribution in [0, 0.1) is 11.3 Å². The van der Waals surface area contributed by atoms with Crippen LogP contribution in [0.3, 0.4) is 0 Å². The van der Waals surface area contributed by atoms with E-state index >= 15 is 0 Å². The lowest BCUT2D eigenvalue weighted by atomic mass is 10.2. The number of hydrogen-bond acceptors (Lipinski definition) is 6. The van der Waals surface area contributed by atoms with E-state index in [0.29, 0.717) is 5.39 Å². The Bertz CT molecular complexity index is 726. The molecule has 1 aromatic carbocycles. The second-order valence-corrected chi connectivity index (χ2v) is 3.60.